The lowest BCUT2D eigenvalue weighted by atomic mass is 9.48. The van der Waals surface area contributed by atoms with Crippen LogP contribution in [0, 0.1) is 40.9 Å². The number of alkyl halides is 3. The van der Waals surface area contributed by atoms with Crippen molar-refractivity contribution < 1.29 is 13.9 Å². The van der Waals surface area contributed by atoms with Crippen LogP contribution < -0.4 is 0 Å². The molecule has 148 valence electrons. The third-order valence-corrected chi connectivity index (χ3v) is 9.67. The van der Waals surface area contributed by atoms with Gasteiger partial charge in [-0.1, -0.05) is 35.0 Å². The molecule has 0 radical (unpaired) electrons. The Kier molecular flexibility index (Phi) is 4.67. The van der Waals surface area contributed by atoms with Gasteiger partial charge in [0.2, 0.25) is 0 Å². The second-order valence-corrected chi connectivity index (χ2v) is 10.9. The van der Waals surface area contributed by atoms with E-state index in [2.05, 4.69) is 29.4 Å². The van der Waals surface area contributed by atoms with E-state index in [9.17, 15) is 5.11 Å². The molecule has 0 aromatic rings. The average molecular weight is 431 g/mol. The Balaban J connectivity index is 1.63. The number of halogens is 3. The highest BCUT2D eigenvalue weighted by atomic mass is 79.9. The van der Waals surface area contributed by atoms with E-state index in [1.54, 1.807) is 6.92 Å². The maximum Gasteiger partial charge on any atom is 0.251 e. The summed E-state index contributed by atoms with van der Waals surface area (Å²) < 4.78 is 30.4. The van der Waals surface area contributed by atoms with E-state index in [0.29, 0.717) is 24.2 Å². The Morgan fingerprint density at radius 3 is 2.38 bits per heavy atom. The van der Waals surface area contributed by atoms with Crippen LogP contribution in [0.25, 0.3) is 0 Å². The lowest BCUT2D eigenvalue weighted by Gasteiger charge is -2.58. The normalized spacial score (nSPS) is 52.7. The zero-order chi connectivity index (χ0) is 18.9. The number of hydrogen-bond acceptors (Lipinski definition) is 1. The maximum absolute atomic E-state index is 15.2. The van der Waals surface area contributed by atoms with Crippen LogP contribution >= 0.6 is 15.9 Å². The second-order valence-electron chi connectivity index (χ2n) is 10.4. The predicted octanol–water partition coefficient (Wildman–Crippen LogP) is 6.20. The summed E-state index contributed by atoms with van der Waals surface area (Å²) >= 11 is 3.57. The molecular weight excluding hydrogens is 398 g/mol. The number of allylic oxidation sites excluding steroid dienone is 1. The predicted molar refractivity (Wildman–Crippen MR) is 104 cm³/mol. The van der Waals surface area contributed by atoms with Crippen molar-refractivity contribution in [3.8, 4) is 0 Å². The third kappa shape index (κ3) is 2.84. The van der Waals surface area contributed by atoms with E-state index < -0.39 is 17.4 Å². The van der Waals surface area contributed by atoms with E-state index in [1.165, 1.54) is 5.57 Å². The number of rotatable bonds is 2. The Morgan fingerprint density at radius 1 is 1.00 bits per heavy atom. The first-order chi connectivity index (χ1) is 12.1. The van der Waals surface area contributed by atoms with Gasteiger partial charge in [0.1, 0.15) is 0 Å². The molecule has 4 aliphatic carbocycles. The summed E-state index contributed by atoms with van der Waals surface area (Å²) in [7, 11) is 0. The first-order valence-corrected chi connectivity index (χ1v) is 11.5. The molecule has 0 unspecified atom stereocenters. The number of fused-ring (bicyclic) bond motifs is 5. The van der Waals surface area contributed by atoms with Crippen LogP contribution in [0.5, 0.6) is 0 Å². The zero-order valence-corrected chi connectivity index (χ0v) is 17.7. The van der Waals surface area contributed by atoms with E-state index >= 15 is 8.78 Å². The largest absolute Gasteiger partial charge is 0.390 e. The van der Waals surface area contributed by atoms with E-state index in [0.717, 1.165) is 37.4 Å². The monoisotopic (exact) mass is 430 g/mol. The van der Waals surface area contributed by atoms with Crippen molar-refractivity contribution in [2.24, 2.45) is 40.9 Å². The van der Waals surface area contributed by atoms with Gasteiger partial charge < -0.3 is 5.11 Å². The van der Waals surface area contributed by atoms with Gasteiger partial charge >= 0.3 is 0 Å². The van der Waals surface area contributed by atoms with Crippen molar-refractivity contribution in [2.75, 3.05) is 5.33 Å². The van der Waals surface area contributed by atoms with Gasteiger partial charge in [0.15, 0.2) is 0 Å². The first kappa shape index (κ1) is 19.4. The Bertz CT molecular complexity index is 589. The van der Waals surface area contributed by atoms with Crippen LogP contribution in [0.4, 0.5) is 8.78 Å². The second kappa shape index (κ2) is 6.27. The minimum atomic E-state index is -2.63. The molecule has 4 rings (SSSR count). The van der Waals surface area contributed by atoms with Gasteiger partial charge in [-0.25, -0.2) is 8.78 Å². The van der Waals surface area contributed by atoms with Crippen LogP contribution in [-0.2, 0) is 0 Å². The van der Waals surface area contributed by atoms with Crippen molar-refractivity contribution >= 4 is 15.9 Å². The molecule has 4 aliphatic rings. The van der Waals surface area contributed by atoms with E-state index in [-0.39, 0.29) is 30.1 Å². The molecule has 4 heteroatoms. The molecule has 8 atom stereocenters. The molecule has 4 fully saturated rings. The number of hydrogen-bond donors (Lipinski definition) is 1. The van der Waals surface area contributed by atoms with Crippen LogP contribution in [0.1, 0.15) is 65.2 Å². The molecular formula is C22H33BrF2O. The summed E-state index contributed by atoms with van der Waals surface area (Å²) in [5.74, 6) is -1.66. The summed E-state index contributed by atoms with van der Waals surface area (Å²) in [6.07, 6.45) is 6.21. The van der Waals surface area contributed by atoms with Crippen molar-refractivity contribution in [3.63, 3.8) is 0 Å². The molecule has 0 spiro atoms. The van der Waals surface area contributed by atoms with Crippen molar-refractivity contribution in [1.82, 2.24) is 0 Å². The minimum Gasteiger partial charge on any atom is -0.390 e. The lowest BCUT2D eigenvalue weighted by molar-refractivity contribution is -0.209. The summed E-state index contributed by atoms with van der Waals surface area (Å²) in [5, 5.41) is 11.2. The van der Waals surface area contributed by atoms with Gasteiger partial charge in [-0.15, -0.1) is 0 Å². The zero-order valence-electron chi connectivity index (χ0n) is 16.1. The summed E-state index contributed by atoms with van der Waals surface area (Å²) in [5.41, 5.74) is 0.490. The Morgan fingerprint density at radius 2 is 1.69 bits per heavy atom. The average Bonchev–Trinajstić information content (AvgIpc) is 2.91. The van der Waals surface area contributed by atoms with Crippen molar-refractivity contribution in [3.05, 3.63) is 12.2 Å². The molecule has 1 N–H and O–H groups in total. The molecule has 0 heterocycles. The van der Waals surface area contributed by atoms with Crippen LogP contribution in [0.3, 0.4) is 0 Å². The molecule has 0 aliphatic heterocycles. The molecule has 0 saturated heterocycles. The Labute approximate surface area is 165 Å². The highest BCUT2D eigenvalue weighted by molar-refractivity contribution is 9.09. The molecule has 26 heavy (non-hydrogen) atoms. The molecule has 0 amide bonds. The fraction of sp³-hybridized carbons (Fsp3) is 0.909. The molecule has 1 nitrogen and oxygen atoms in total. The quantitative estimate of drug-likeness (QED) is 0.408. The SMILES string of the molecule is C=C(CBr)[C@H]1CC[C@H]2[C@@H]3CC(F)(F)[C@H]4C[C@](C)(O)CC[C@@H]4[C@H]3CC[C@]12C. The van der Waals surface area contributed by atoms with Gasteiger partial charge in [0, 0.05) is 17.7 Å². The van der Waals surface area contributed by atoms with Gasteiger partial charge in [0.05, 0.1) is 5.60 Å². The fourth-order valence-electron chi connectivity index (χ4n) is 7.75. The molecule has 0 bridgehead atoms. The van der Waals surface area contributed by atoms with E-state index in [4.69, 9.17) is 0 Å². The number of aliphatic hydroxyl groups is 1. The van der Waals surface area contributed by atoms with Crippen molar-refractivity contribution in [2.45, 2.75) is 76.7 Å². The highest BCUT2D eigenvalue weighted by Gasteiger charge is 2.63. The summed E-state index contributed by atoms with van der Waals surface area (Å²) in [4.78, 5) is 0. The maximum atomic E-state index is 15.2. The molecule has 0 aromatic heterocycles. The van der Waals surface area contributed by atoms with Gasteiger partial charge in [-0.3, -0.25) is 0 Å². The van der Waals surface area contributed by atoms with Gasteiger partial charge in [-0.05, 0) is 86.9 Å². The van der Waals surface area contributed by atoms with Crippen LogP contribution in [-0.4, -0.2) is 22.0 Å². The highest BCUT2D eigenvalue weighted by Crippen LogP contribution is 2.67. The van der Waals surface area contributed by atoms with Crippen LogP contribution in [0.15, 0.2) is 12.2 Å². The first-order valence-electron chi connectivity index (χ1n) is 10.4. The standard InChI is InChI=1S/C22H33BrF2O/c1-13(12-23)17-4-5-18-16-10-22(24,25)19-11-20(2,26)8-6-15(19)14(16)7-9-21(17,18)3/h14-19,26H,1,4-12H2,2-3H3/t14-,15-,16-,17-,18+,19+,20-,21-/m1/s1. The lowest BCUT2D eigenvalue weighted by Crippen LogP contribution is -2.57. The van der Waals surface area contributed by atoms with Gasteiger partial charge in [0.25, 0.3) is 5.92 Å². The van der Waals surface area contributed by atoms with Crippen LogP contribution in [0.2, 0.25) is 0 Å². The summed E-state index contributed by atoms with van der Waals surface area (Å²) in [6.45, 7) is 8.39. The smallest absolute Gasteiger partial charge is 0.251 e. The minimum absolute atomic E-state index is 0.0443. The topological polar surface area (TPSA) is 20.2 Å². The fourth-order valence-corrected chi connectivity index (χ4v) is 8.14. The van der Waals surface area contributed by atoms with Gasteiger partial charge in [-0.2, -0.15) is 0 Å². The Hall–Kier alpha value is 0.0400. The summed E-state index contributed by atoms with van der Waals surface area (Å²) in [6, 6.07) is 0. The van der Waals surface area contributed by atoms with Crippen molar-refractivity contribution in [1.29, 1.82) is 0 Å². The third-order valence-electron chi connectivity index (χ3n) is 8.95. The molecule has 4 saturated carbocycles. The van der Waals surface area contributed by atoms with E-state index in [1.807, 2.05) is 0 Å². The molecule has 0 aromatic carbocycles.